The molecule has 3 aromatic rings. The molecule has 8 heteroatoms. The Labute approximate surface area is 190 Å². The van der Waals surface area contributed by atoms with Crippen LogP contribution in [0.4, 0.5) is 5.69 Å². The van der Waals surface area contributed by atoms with Gasteiger partial charge in [0.2, 0.25) is 5.91 Å². The van der Waals surface area contributed by atoms with Crippen molar-refractivity contribution in [3.8, 4) is 0 Å². The number of hydrogen-bond acceptors (Lipinski definition) is 4. The first-order valence-corrected chi connectivity index (χ1v) is 10.5. The van der Waals surface area contributed by atoms with Crippen molar-refractivity contribution >= 4 is 40.7 Å². The second-order valence-corrected chi connectivity index (χ2v) is 8.26. The first-order chi connectivity index (χ1) is 14.9. The zero-order valence-corrected chi connectivity index (χ0v) is 18.0. The highest BCUT2D eigenvalue weighted by atomic mass is 35.5. The molecule has 0 saturated carbocycles. The van der Waals surface area contributed by atoms with Gasteiger partial charge in [0.1, 0.15) is 0 Å². The molecule has 0 bridgehead atoms. The van der Waals surface area contributed by atoms with Crippen LogP contribution in [0.5, 0.6) is 0 Å². The molecule has 0 radical (unpaired) electrons. The van der Waals surface area contributed by atoms with E-state index in [1.807, 2.05) is 18.2 Å². The Kier molecular flexibility index (Phi) is 6.23. The smallest absolute Gasteiger partial charge is 0.257 e. The fourth-order valence-electron chi connectivity index (χ4n) is 3.57. The van der Waals surface area contributed by atoms with Gasteiger partial charge in [0.15, 0.2) is 0 Å². The van der Waals surface area contributed by atoms with Crippen LogP contribution in [0.2, 0.25) is 10.0 Å². The maximum Gasteiger partial charge on any atom is 0.257 e. The predicted molar refractivity (Wildman–Crippen MR) is 121 cm³/mol. The van der Waals surface area contributed by atoms with Crippen LogP contribution in [-0.2, 0) is 24.3 Å². The van der Waals surface area contributed by atoms with Crippen molar-refractivity contribution < 1.29 is 9.59 Å². The number of rotatable bonds is 5. The van der Waals surface area contributed by atoms with Gasteiger partial charge in [-0.25, -0.2) is 0 Å². The quantitative estimate of drug-likeness (QED) is 0.608. The van der Waals surface area contributed by atoms with E-state index in [9.17, 15) is 9.59 Å². The number of carbonyl (C=O) groups is 2. The Bertz CT molecular complexity index is 1140. The van der Waals surface area contributed by atoms with Crippen LogP contribution in [0.1, 0.15) is 27.0 Å². The molecule has 0 saturated heterocycles. The van der Waals surface area contributed by atoms with Crippen molar-refractivity contribution in [1.82, 2.24) is 9.88 Å². The molecule has 6 nitrogen and oxygen atoms in total. The molecule has 2 heterocycles. The van der Waals surface area contributed by atoms with Gasteiger partial charge in [0.25, 0.3) is 5.91 Å². The number of nitrogens with two attached hydrogens (primary N) is 1. The summed E-state index contributed by atoms with van der Waals surface area (Å²) >= 11 is 12.1. The van der Waals surface area contributed by atoms with E-state index in [0.29, 0.717) is 40.8 Å². The largest absolute Gasteiger partial charge is 0.333 e. The third-order valence-corrected chi connectivity index (χ3v) is 5.78. The van der Waals surface area contributed by atoms with Crippen LogP contribution in [0.3, 0.4) is 0 Å². The zero-order valence-electron chi connectivity index (χ0n) is 16.5. The summed E-state index contributed by atoms with van der Waals surface area (Å²) in [4.78, 5) is 30.9. The Hall–Kier alpha value is -2.93. The topological polar surface area (TPSA) is 88.3 Å². The molecule has 2 aromatic carbocycles. The molecule has 1 aliphatic rings. The third-order valence-electron chi connectivity index (χ3n) is 5.19. The highest BCUT2D eigenvalue weighted by molar-refractivity contribution is 6.35. The number of nitrogens with zero attached hydrogens (tertiary/aromatic N) is 2. The number of amides is 2. The lowest BCUT2D eigenvalue weighted by Gasteiger charge is -2.20. The van der Waals surface area contributed by atoms with Gasteiger partial charge in [-0.05, 0) is 59.5 Å². The first-order valence-electron chi connectivity index (χ1n) is 9.72. The Morgan fingerprint density at radius 3 is 2.65 bits per heavy atom. The Morgan fingerprint density at radius 2 is 1.90 bits per heavy atom. The maximum atomic E-state index is 12.9. The number of nitrogens with one attached hydrogen (secondary N) is 1. The number of carbonyl (C=O) groups excluding carboxylic acids is 2. The van der Waals surface area contributed by atoms with Gasteiger partial charge in [-0.2, -0.15) is 0 Å². The van der Waals surface area contributed by atoms with Crippen molar-refractivity contribution in [2.75, 3.05) is 5.32 Å². The van der Waals surface area contributed by atoms with Gasteiger partial charge in [0.05, 0.1) is 11.6 Å². The molecule has 31 heavy (non-hydrogen) atoms. The minimum absolute atomic E-state index is 0.150. The summed E-state index contributed by atoms with van der Waals surface area (Å²) in [6.07, 6.45) is 3.45. The molecule has 3 N–H and O–H groups in total. The highest BCUT2D eigenvalue weighted by Crippen LogP contribution is 2.27. The molecule has 2 amide bonds. The van der Waals surface area contributed by atoms with Crippen LogP contribution < -0.4 is 11.1 Å². The molecule has 4 rings (SSSR count). The number of fused-ring (bicyclic) bond motifs is 1. The summed E-state index contributed by atoms with van der Waals surface area (Å²) in [5, 5.41) is 3.90. The lowest BCUT2D eigenvalue weighted by atomic mass is 10.1. The molecular formula is C23H20Cl2N4O2. The third kappa shape index (κ3) is 4.88. The summed E-state index contributed by atoms with van der Waals surface area (Å²) in [6.45, 7) is 0.917. The summed E-state index contributed by atoms with van der Waals surface area (Å²) in [6, 6.07) is 13.5. The maximum absolute atomic E-state index is 12.9. The summed E-state index contributed by atoms with van der Waals surface area (Å²) < 4.78 is 0. The minimum atomic E-state index is -0.710. The summed E-state index contributed by atoms with van der Waals surface area (Å²) in [5.41, 5.74) is 10.1. The van der Waals surface area contributed by atoms with E-state index in [2.05, 4.69) is 10.3 Å². The SMILES string of the molecule is NC(Cc1ccc(Cl)cc1Cl)C(=O)N1Cc2ccc(NC(=O)c3cccnc3)cc2C1. The number of pyridine rings is 1. The average molecular weight is 455 g/mol. The van der Waals surface area contributed by atoms with Crippen molar-refractivity contribution in [3.63, 3.8) is 0 Å². The number of anilines is 1. The molecule has 0 spiro atoms. The summed E-state index contributed by atoms with van der Waals surface area (Å²) in [7, 11) is 0. The van der Waals surface area contributed by atoms with Gasteiger partial charge in [-0.3, -0.25) is 14.6 Å². The van der Waals surface area contributed by atoms with Crippen LogP contribution in [0.15, 0.2) is 60.9 Å². The Balaban J connectivity index is 1.41. The monoisotopic (exact) mass is 454 g/mol. The van der Waals surface area contributed by atoms with Gasteiger partial charge >= 0.3 is 0 Å². The number of hydrogen-bond donors (Lipinski definition) is 2. The second kappa shape index (κ2) is 9.06. The van der Waals surface area contributed by atoms with Crippen LogP contribution in [0.25, 0.3) is 0 Å². The molecule has 1 aliphatic heterocycles. The van der Waals surface area contributed by atoms with E-state index in [4.69, 9.17) is 28.9 Å². The van der Waals surface area contributed by atoms with Gasteiger partial charge in [-0.1, -0.05) is 35.3 Å². The fraction of sp³-hybridized carbons (Fsp3) is 0.174. The molecular weight excluding hydrogens is 435 g/mol. The number of benzene rings is 2. The van der Waals surface area contributed by atoms with Crippen LogP contribution >= 0.6 is 23.2 Å². The van der Waals surface area contributed by atoms with Gasteiger partial charge in [0, 0.05) is 41.2 Å². The first kappa shape index (κ1) is 21.3. The van der Waals surface area contributed by atoms with E-state index in [0.717, 1.165) is 16.7 Å². The van der Waals surface area contributed by atoms with Crippen molar-refractivity contribution in [1.29, 1.82) is 0 Å². The standard InChI is InChI=1S/C23H20Cl2N4O2/c24-18-5-3-14(20(25)10-18)9-21(26)23(31)29-12-16-4-6-19(8-17(16)13-29)28-22(30)15-2-1-7-27-11-15/h1-8,10-11,21H,9,12-13,26H2,(H,28,30). The van der Waals surface area contributed by atoms with Gasteiger partial charge in [-0.15, -0.1) is 0 Å². The van der Waals surface area contributed by atoms with E-state index >= 15 is 0 Å². The van der Waals surface area contributed by atoms with Crippen LogP contribution in [-0.4, -0.2) is 27.7 Å². The van der Waals surface area contributed by atoms with Crippen molar-refractivity contribution in [3.05, 3.63) is 93.2 Å². The molecule has 0 aliphatic carbocycles. The van der Waals surface area contributed by atoms with Crippen molar-refractivity contribution in [2.45, 2.75) is 25.6 Å². The van der Waals surface area contributed by atoms with Crippen molar-refractivity contribution in [2.24, 2.45) is 5.73 Å². The number of aromatic nitrogens is 1. The minimum Gasteiger partial charge on any atom is -0.333 e. The van der Waals surface area contributed by atoms with Gasteiger partial charge < -0.3 is 16.0 Å². The fourth-order valence-corrected chi connectivity index (χ4v) is 4.06. The molecule has 1 atom stereocenters. The normalized spacial score (nSPS) is 13.6. The second-order valence-electron chi connectivity index (χ2n) is 7.42. The molecule has 158 valence electrons. The zero-order chi connectivity index (χ0) is 22.0. The lowest BCUT2D eigenvalue weighted by molar-refractivity contribution is -0.133. The van der Waals surface area contributed by atoms with Crippen LogP contribution in [0, 0.1) is 0 Å². The molecule has 1 aromatic heterocycles. The average Bonchev–Trinajstić information content (AvgIpc) is 3.19. The number of halogens is 2. The van der Waals surface area contributed by atoms with E-state index in [-0.39, 0.29) is 11.8 Å². The Morgan fingerprint density at radius 1 is 1.10 bits per heavy atom. The van der Waals surface area contributed by atoms with E-state index < -0.39 is 6.04 Å². The highest BCUT2D eigenvalue weighted by Gasteiger charge is 2.28. The van der Waals surface area contributed by atoms with E-state index in [1.54, 1.807) is 41.4 Å². The summed E-state index contributed by atoms with van der Waals surface area (Å²) in [5.74, 6) is -0.385. The molecule has 0 fully saturated rings. The lowest BCUT2D eigenvalue weighted by Crippen LogP contribution is -2.42. The van der Waals surface area contributed by atoms with E-state index in [1.165, 1.54) is 6.20 Å². The predicted octanol–water partition coefficient (Wildman–Crippen LogP) is 4.05. The molecule has 1 unspecified atom stereocenters.